The van der Waals surface area contributed by atoms with Crippen LogP contribution in [0.3, 0.4) is 0 Å². The first-order valence-electron chi connectivity index (χ1n) is 4.13. The van der Waals surface area contributed by atoms with Gasteiger partial charge in [-0.25, -0.2) is 0 Å². The van der Waals surface area contributed by atoms with E-state index in [2.05, 4.69) is 10.8 Å². The fourth-order valence-corrected chi connectivity index (χ4v) is 1.85. The molecule has 0 aliphatic heterocycles. The topological polar surface area (TPSA) is 60.4 Å². The van der Waals surface area contributed by atoms with Crippen molar-refractivity contribution < 1.29 is 17.4 Å². The van der Waals surface area contributed by atoms with Gasteiger partial charge in [0.25, 0.3) is 0 Å². The van der Waals surface area contributed by atoms with Crippen molar-refractivity contribution in [1.82, 2.24) is 0 Å². The molecule has 1 aromatic carbocycles. The Bertz CT molecular complexity index is 476. The summed E-state index contributed by atoms with van der Waals surface area (Å²) in [7, 11) is -3.97. The van der Waals surface area contributed by atoms with Crippen LogP contribution in [0.4, 0.5) is 0 Å². The molecular weight excluding hydrogens is 239 g/mol. The Morgan fingerprint density at radius 1 is 1.31 bits per heavy atom. The summed E-state index contributed by atoms with van der Waals surface area (Å²) >= 11 is 0. The molecule has 0 spiro atoms. The van der Waals surface area contributed by atoms with E-state index in [1.807, 2.05) is 0 Å². The van der Waals surface area contributed by atoms with Crippen LogP contribution in [0.5, 0.6) is 0 Å². The first-order chi connectivity index (χ1) is 6.95. The van der Waals surface area contributed by atoms with Crippen LogP contribution in [-0.2, 0) is 19.1 Å². The van der Waals surface area contributed by atoms with E-state index in [4.69, 9.17) is 0 Å². The molecule has 0 N–H and O–H groups in total. The number of hydrogen-bond acceptors (Lipinski definition) is 4. The standard InChI is InChI=1S/C10H10O4S.Na.H/c1-3-9-4-6-10(7-5-9)15(12,13)14-8(2)11;;/h3-7H,1H2,2H3;;. The summed E-state index contributed by atoms with van der Waals surface area (Å²) in [5.74, 6) is -0.859. The molecule has 0 aliphatic rings. The van der Waals surface area contributed by atoms with Gasteiger partial charge in [0.05, 0.1) is 0 Å². The average Bonchev–Trinajstić information content (AvgIpc) is 2.16. The molecule has 0 amide bonds. The summed E-state index contributed by atoms with van der Waals surface area (Å²) in [5.41, 5.74) is 0.789. The van der Waals surface area contributed by atoms with Gasteiger partial charge in [-0.1, -0.05) is 24.8 Å². The van der Waals surface area contributed by atoms with Crippen molar-refractivity contribution in [1.29, 1.82) is 0 Å². The minimum atomic E-state index is -3.97. The number of benzene rings is 1. The van der Waals surface area contributed by atoms with Crippen molar-refractivity contribution in [2.75, 3.05) is 0 Å². The van der Waals surface area contributed by atoms with E-state index in [0.717, 1.165) is 12.5 Å². The molecule has 0 fully saturated rings. The van der Waals surface area contributed by atoms with Gasteiger partial charge >= 0.3 is 45.6 Å². The number of carbonyl (C=O) groups excluding carboxylic acids is 1. The molecule has 4 nitrogen and oxygen atoms in total. The van der Waals surface area contributed by atoms with Crippen LogP contribution in [-0.4, -0.2) is 43.9 Å². The van der Waals surface area contributed by atoms with Gasteiger partial charge in [-0.05, 0) is 17.7 Å². The first kappa shape index (κ1) is 15.4. The third kappa shape index (κ3) is 4.09. The number of carbonyl (C=O) groups is 1. The van der Waals surface area contributed by atoms with E-state index in [-0.39, 0.29) is 34.5 Å². The summed E-state index contributed by atoms with van der Waals surface area (Å²) in [6.07, 6.45) is 1.59. The van der Waals surface area contributed by atoms with Crippen LogP contribution in [0.15, 0.2) is 35.7 Å². The summed E-state index contributed by atoms with van der Waals surface area (Å²) < 4.78 is 27.0. The van der Waals surface area contributed by atoms with Gasteiger partial charge in [0, 0.05) is 6.92 Å². The van der Waals surface area contributed by atoms with Gasteiger partial charge in [0.15, 0.2) is 0 Å². The van der Waals surface area contributed by atoms with E-state index < -0.39 is 16.1 Å². The van der Waals surface area contributed by atoms with Crippen LogP contribution in [0.1, 0.15) is 12.5 Å². The molecular formula is C10H11NaO4S. The third-order valence-electron chi connectivity index (χ3n) is 1.63. The number of rotatable bonds is 3. The van der Waals surface area contributed by atoms with Crippen LogP contribution in [0.25, 0.3) is 6.08 Å². The molecule has 0 radical (unpaired) electrons. The van der Waals surface area contributed by atoms with Gasteiger partial charge in [-0.15, -0.1) is 0 Å². The predicted octanol–water partition coefficient (Wildman–Crippen LogP) is 0.933. The zero-order valence-electron chi connectivity index (χ0n) is 8.14. The molecule has 0 unspecified atom stereocenters. The Morgan fingerprint density at radius 3 is 2.19 bits per heavy atom. The van der Waals surface area contributed by atoms with Crippen LogP contribution >= 0.6 is 0 Å². The zero-order chi connectivity index (χ0) is 11.5. The Labute approximate surface area is 117 Å². The molecule has 0 saturated carbocycles. The van der Waals surface area contributed by atoms with Gasteiger partial charge < -0.3 is 4.18 Å². The quantitative estimate of drug-likeness (QED) is 0.591. The molecule has 0 saturated heterocycles. The van der Waals surface area contributed by atoms with Crippen molar-refractivity contribution in [3.05, 3.63) is 36.4 Å². The second-order valence-corrected chi connectivity index (χ2v) is 4.35. The van der Waals surface area contributed by atoms with E-state index in [9.17, 15) is 13.2 Å². The van der Waals surface area contributed by atoms with E-state index >= 15 is 0 Å². The molecule has 6 heteroatoms. The van der Waals surface area contributed by atoms with Crippen molar-refractivity contribution in [2.24, 2.45) is 0 Å². The Kier molecular flexibility index (Phi) is 5.96. The summed E-state index contributed by atoms with van der Waals surface area (Å²) in [6, 6.07) is 5.86. The third-order valence-corrected chi connectivity index (χ3v) is 2.94. The normalized spacial score (nSPS) is 10.1. The second-order valence-electron chi connectivity index (χ2n) is 2.80. The summed E-state index contributed by atoms with van der Waals surface area (Å²) in [5, 5.41) is 0. The van der Waals surface area contributed by atoms with Gasteiger partial charge in [0.2, 0.25) is 0 Å². The molecule has 0 aromatic heterocycles. The van der Waals surface area contributed by atoms with E-state index in [1.165, 1.54) is 12.1 Å². The minimum absolute atomic E-state index is 0. The average molecular weight is 250 g/mol. The van der Waals surface area contributed by atoms with Crippen molar-refractivity contribution >= 4 is 51.7 Å². The van der Waals surface area contributed by atoms with Crippen molar-refractivity contribution in [2.45, 2.75) is 11.8 Å². The van der Waals surface area contributed by atoms with Crippen molar-refractivity contribution in [3.8, 4) is 0 Å². The molecule has 0 aliphatic carbocycles. The van der Waals surface area contributed by atoms with Gasteiger partial charge in [-0.3, -0.25) is 4.79 Å². The molecule has 0 bridgehead atoms. The van der Waals surface area contributed by atoms with Gasteiger partial charge in [0.1, 0.15) is 4.90 Å². The predicted molar refractivity (Wildman–Crippen MR) is 62.6 cm³/mol. The zero-order valence-corrected chi connectivity index (χ0v) is 8.95. The Morgan fingerprint density at radius 2 is 1.81 bits per heavy atom. The molecule has 16 heavy (non-hydrogen) atoms. The molecule has 1 aromatic rings. The Hall–Kier alpha value is -0.620. The van der Waals surface area contributed by atoms with Gasteiger partial charge in [-0.2, -0.15) is 8.42 Å². The molecule has 0 heterocycles. The second kappa shape index (κ2) is 6.20. The van der Waals surface area contributed by atoms with Crippen LogP contribution < -0.4 is 0 Å². The SMILES string of the molecule is C=Cc1ccc(S(=O)(=O)OC(C)=O)cc1.[NaH]. The molecule has 1 rings (SSSR count). The molecule has 0 atom stereocenters. The fourth-order valence-electron chi connectivity index (χ4n) is 0.973. The fraction of sp³-hybridized carbons (Fsp3) is 0.100. The number of hydrogen-bond donors (Lipinski definition) is 0. The van der Waals surface area contributed by atoms with Crippen molar-refractivity contribution in [3.63, 3.8) is 0 Å². The monoisotopic (exact) mass is 250 g/mol. The van der Waals surface area contributed by atoms with Crippen LogP contribution in [0, 0.1) is 0 Å². The van der Waals surface area contributed by atoms with Crippen LogP contribution in [0.2, 0.25) is 0 Å². The van der Waals surface area contributed by atoms with E-state index in [1.54, 1.807) is 18.2 Å². The Balaban J connectivity index is 0.00000225. The van der Waals surface area contributed by atoms with E-state index in [0.29, 0.717) is 0 Å². The first-order valence-corrected chi connectivity index (χ1v) is 5.54. The summed E-state index contributed by atoms with van der Waals surface area (Å²) in [4.78, 5) is 10.5. The summed E-state index contributed by atoms with van der Waals surface area (Å²) in [6.45, 7) is 4.57. The maximum absolute atomic E-state index is 11.4. The maximum atomic E-state index is 11.4. The molecule has 82 valence electrons.